The van der Waals surface area contributed by atoms with Crippen molar-refractivity contribution in [1.82, 2.24) is 14.9 Å². The molecule has 0 bridgehead atoms. The second kappa shape index (κ2) is 7.77. The first kappa shape index (κ1) is 16.2. The van der Waals surface area contributed by atoms with Crippen molar-refractivity contribution in [2.45, 2.75) is 26.2 Å². The summed E-state index contributed by atoms with van der Waals surface area (Å²) in [6.45, 7) is 3.54. The summed E-state index contributed by atoms with van der Waals surface area (Å²) in [4.78, 5) is 22.2. The van der Waals surface area contributed by atoms with E-state index in [1.807, 2.05) is 54.3 Å². The van der Waals surface area contributed by atoms with Gasteiger partial charge < -0.3 is 9.88 Å². The Morgan fingerprint density at radius 3 is 2.54 bits per heavy atom. The maximum atomic E-state index is 12.5. The Bertz CT molecular complexity index is 762. The van der Waals surface area contributed by atoms with E-state index in [2.05, 4.69) is 22.1 Å². The Balaban J connectivity index is 1.54. The lowest BCUT2D eigenvalue weighted by Gasteiger charge is -2.20. The van der Waals surface area contributed by atoms with Gasteiger partial charge in [0.2, 0.25) is 5.91 Å². The van der Waals surface area contributed by atoms with Gasteiger partial charge in [-0.05, 0) is 31.0 Å². The maximum absolute atomic E-state index is 12.5. The van der Waals surface area contributed by atoms with E-state index < -0.39 is 0 Å². The minimum atomic E-state index is 0.189. The number of hydrogen-bond acceptors (Lipinski definition) is 2. The van der Waals surface area contributed by atoms with Crippen LogP contribution in [0.1, 0.15) is 24.7 Å². The molecule has 3 rings (SSSR count). The van der Waals surface area contributed by atoms with E-state index in [9.17, 15) is 4.79 Å². The predicted molar refractivity (Wildman–Crippen MR) is 96.8 cm³/mol. The Labute approximate surface area is 142 Å². The number of H-pyrrole nitrogens is 1. The highest BCUT2D eigenvalue weighted by molar-refractivity contribution is 5.77. The summed E-state index contributed by atoms with van der Waals surface area (Å²) >= 11 is 0. The van der Waals surface area contributed by atoms with Gasteiger partial charge in [-0.1, -0.05) is 42.5 Å². The number of amides is 1. The highest BCUT2D eigenvalue weighted by atomic mass is 16.2. The Kier molecular flexibility index (Phi) is 5.26. The van der Waals surface area contributed by atoms with Crippen LogP contribution in [0.15, 0.2) is 54.6 Å². The molecule has 24 heavy (non-hydrogen) atoms. The van der Waals surface area contributed by atoms with E-state index >= 15 is 0 Å². The molecule has 0 saturated heterocycles. The van der Waals surface area contributed by atoms with Gasteiger partial charge >= 0.3 is 0 Å². The summed E-state index contributed by atoms with van der Waals surface area (Å²) < 4.78 is 0. The number of carbonyl (C=O) groups is 1. The number of benzene rings is 2. The molecule has 0 spiro atoms. The molecule has 4 nitrogen and oxygen atoms in total. The van der Waals surface area contributed by atoms with E-state index in [0.29, 0.717) is 12.8 Å². The zero-order valence-corrected chi connectivity index (χ0v) is 14.0. The Morgan fingerprint density at radius 2 is 1.79 bits per heavy atom. The number of fused-ring (bicyclic) bond motifs is 1. The van der Waals surface area contributed by atoms with Gasteiger partial charge in [0.05, 0.1) is 11.0 Å². The van der Waals surface area contributed by atoms with Crippen molar-refractivity contribution in [3.8, 4) is 0 Å². The van der Waals surface area contributed by atoms with Crippen LogP contribution >= 0.6 is 0 Å². The molecule has 0 aliphatic rings. The number of carbonyl (C=O) groups excluding carboxylic acids is 1. The number of aromatic nitrogens is 2. The van der Waals surface area contributed by atoms with Gasteiger partial charge in [-0.2, -0.15) is 0 Å². The molecular formula is C20H23N3O. The molecule has 0 aliphatic carbocycles. The molecule has 0 aliphatic heterocycles. The fourth-order valence-electron chi connectivity index (χ4n) is 2.88. The van der Waals surface area contributed by atoms with Crippen molar-refractivity contribution in [2.24, 2.45) is 0 Å². The van der Waals surface area contributed by atoms with Crippen LogP contribution in [0.5, 0.6) is 0 Å². The lowest BCUT2D eigenvalue weighted by molar-refractivity contribution is -0.131. The number of aryl methyl sites for hydroxylation is 1. The van der Waals surface area contributed by atoms with Crippen LogP contribution in [0, 0.1) is 0 Å². The number of rotatable bonds is 7. The minimum absolute atomic E-state index is 0.189. The van der Waals surface area contributed by atoms with Crippen molar-refractivity contribution < 1.29 is 4.79 Å². The van der Waals surface area contributed by atoms with E-state index in [-0.39, 0.29) is 5.91 Å². The zero-order valence-electron chi connectivity index (χ0n) is 14.0. The Morgan fingerprint density at radius 1 is 1.04 bits per heavy atom. The topological polar surface area (TPSA) is 49.0 Å². The molecule has 124 valence electrons. The van der Waals surface area contributed by atoms with E-state index in [1.54, 1.807) is 0 Å². The van der Waals surface area contributed by atoms with E-state index in [4.69, 9.17) is 0 Å². The summed E-state index contributed by atoms with van der Waals surface area (Å²) in [6, 6.07) is 18.2. The van der Waals surface area contributed by atoms with Gasteiger partial charge in [0.25, 0.3) is 0 Å². The molecule has 4 heteroatoms. The van der Waals surface area contributed by atoms with Crippen LogP contribution < -0.4 is 0 Å². The molecule has 0 unspecified atom stereocenters. The Hall–Kier alpha value is -2.62. The van der Waals surface area contributed by atoms with Gasteiger partial charge in [0.15, 0.2) is 0 Å². The SMILES string of the molecule is CCN(CCc1ccccc1)C(=O)CCc1nc2ccccc2[nH]1. The van der Waals surface area contributed by atoms with E-state index in [1.165, 1.54) is 5.56 Å². The highest BCUT2D eigenvalue weighted by Crippen LogP contribution is 2.12. The molecule has 0 radical (unpaired) electrons. The van der Waals surface area contributed by atoms with Gasteiger partial charge in [0.1, 0.15) is 5.82 Å². The van der Waals surface area contributed by atoms with Crippen LogP contribution in [0.25, 0.3) is 11.0 Å². The number of nitrogens with one attached hydrogen (secondary N) is 1. The second-order valence-electron chi connectivity index (χ2n) is 5.91. The van der Waals surface area contributed by atoms with E-state index in [0.717, 1.165) is 36.4 Å². The van der Waals surface area contributed by atoms with Crippen molar-refractivity contribution in [1.29, 1.82) is 0 Å². The third kappa shape index (κ3) is 4.02. The molecular weight excluding hydrogens is 298 g/mol. The normalized spacial score (nSPS) is 10.9. The monoisotopic (exact) mass is 321 g/mol. The lowest BCUT2D eigenvalue weighted by atomic mass is 10.1. The fraction of sp³-hybridized carbons (Fsp3) is 0.300. The summed E-state index contributed by atoms with van der Waals surface area (Å²) in [5.74, 6) is 1.07. The van der Waals surface area contributed by atoms with Crippen molar-refractivity contribution in [3.05, 3.63) is 66.0 Å². The average Bonchev–Trinajstić information content (AvgIpc) is 3.04. The van der Waals surface area contributed by atoms with Crippen molar-refractivity contribution in [3.63, 3.8) is 0 Å². The van der Waals surface area contributed by atoms with Crippen LogP contribution in [-0.4, -0.2) is 33.9 Å². The average molecular weight is 321 g/mol. The van der Waals surface area contributed by atoms with Crippen LogP contribution in [0.4, 0.5) is 0 Å². The summed E-state index contributed by atoms with van der Waals surface area (Å²) in [5.41, 5.74) is 3.24. The van der Waals surface area contributed by atoms with Gasteiger partial charge in [0, 0.05) is 25.9 Å². The number of likely N-dealkylation sites (N-methyl/N-ethyl adjacent to an activating group) is 1. The largest absolute Gasteiger partial charge is 0.343 e. The summed E-state index contributed by atoms with van der Waals surface area (Å²) in [7, 11) is 0. The fourth-order valence-corrected chi connectivity index (χ4v) is 2.88. The van der Waals surface area contributed by atoms with Gasteiger partial charge in [-0.25, -0.2) is 4.98 Å². The summed E-state index contributed by atoms with van der Waals surface area (Å²) in [5, 5.41) is 0. The molecule has 1 N–H and O–H groups in total. The molecule has 1 amide bonds. The lowest BCUT2D eigenvalue weighted by Crippen LogP contribution is -2.32. The van der Waals surface area contributed by atoms with Crippen LogP contribution in [0.3, 0.4) is 0 Å². The molecule has 2 aromatic carbocycles. The van der Waals surface area contributed by atoms with Gasteiger partial charge in [-0.3, -0.25) is 4.79 Å². The molecule has 0 saturated carbocycles. The number of hydrogen-bond donors (Lipinski definition) is 1. The number of nitrogens with zero attached hydrogens (tertiary/aromatic N) is 2. The third-order valence-electron chi connectivity index (χ3n) is 4.26. The van der Waals surface area contributed by atoms with Crippen LogP contribution in [0.2, 0.25) is 0 Å². The van der Waals surface area contributed by atoms with Gasteiger partial charge in [-0.15, -0.1) is 0 Å². The number of aromatic amines is 1. The predicted octanol–water partition coefficient (Wildman–Crippen LogP) is 3.59. The van der Waals surface area contributed by atoms with Crippen molar-refractivity contribution >= 4 is 16.9 Å². The molecule has 1 aromatic heterocycles. The zero-order chi connectivity index (χ0) is 16.8. The maximum Gasteiger partial charge on any atom is 0.223 e. The summed E-state index contributed by atoms with van der Waals surface area (Å²) in [6.07, 6.45) is 2.03. The number of imidazole rings is 1. The highest BCUT2D eigenvalue weighted by Gasteiger charge is 2.13. The van der Waals surface area contributed by atoms with Crippen LogP contribution in [-0.2, 0) is 17.6 Å². The standard InChI is InChI=1S/C20H23N3O/c1-2-23(15-14-16-8-4-3-5-9-16)20(24)13-12-19-21-17-10-6-7-11-18(17)22-19/h3-11H,2,12-15H2,1H3,(H,21,22). The first-order valence-corrected chi connectivity index (χ1v) is 8.51. The smallest absolute Gasteiger partial charge is 0.223 e. The molecule has 3 aromatic rings. The second-order valence-corrected chi connectivity index (χ2v) is 5.91. The third-order valence-corrected chi connectivity index (χ3v) is 4.26. The first-order chi connectivity index (χ1) is 11.8. The molecule has 1 heterocycles. The quantitative estimate of drug-likeness (QED) is 0.723. The number of para-hydroxylation sites is 2. The van der Waals surface area contributed by atoms with Crippen molar-refractivity contribution in [2.75, 3.05) is 13.1 Å². The molecule has 0 fully saturated rings. The molecule has 0 atom stereocenters. The first-order valence-electron chi connectivity index (χ1n) is 8.51. The minimum Gasteiger partial charge on any atom is -0.343 e.